The first-order chi connectivity index (χ1) is 14.1. The van der Waals surface area contributed by atoms with E-state index in [1.165, 1.54) is 11.0 Å². The van der Waals surface area contributed by atoms with E-state index in [0.717, 1.165) is 0 Å². The van der Waals surface area contributed by atoms with Crippen molar-refractivity contribution in [2.75, 3.05) is 29.4 Å². The quantitative estimate of drug-likeness (QED) is 0.676. The number of carbonyl (C=O) groups is 1. The fourth-order valence-corrected chi connectivity index (χ4v) is 5.03. The SMILES string of the molecule is C=C[C@H]1C(O)CN1c1nc(N2C[C@@H]3[C@@H](CC(=O)O)[C@@H]3C2)c(Cl)c(C(F)(F)F)c1C#N. The van der Waals surface area contributed by atoms with Gasteiger partial charge in [-0.15, -0.1) is 6.58 Å². The molecule has 0 spiro atoms. The highest BCUT2D eigenvalue weighted by molar-refractivity contribution is 6.34. The number of rotatable bonds is 5. The molecule has 2 aliphatic heterocycles. The van der Waals surface area contributed by atoms with Crippen molar-refractivity contribution in [1.82, 2.24) is 4.98 Å². The molecule has 1 aliphatic carbocycles. The number of piperidine rings is 1. The van der Waals surface area contributed by atoms with Crippen molar-refractivity contribution in [1.29, 1.82) is 5.26 Å². The number of β-amino-alcohol motifs (C(OH)–C–C–N with tert-alkyl or cyclic N) is 1. The van der Waals surface area contributed by atoms with Crippen LogP contribution >= 0.6 is 11.6 Å². The number of nitriles is 1. The first-order valence-corrected chi connectivity index (χ1v) is 9.71. The van der Waals surface area contributed by atoms with Gasteiger partial charge in [0.15, 0.2) is 5.82 Å². The molecule has 0 bridgehead atoms. The Balaban J connectivity index is 1.73. The van der Waals surface area contributed by atoms with Gasteiger partial charge >= 0.3 is 12.1 Å². The summed E-state index contributed by atoms with van der Waals surface area (Å²) < 4.78 is 41.5. The molecule has 30 heavy (non-hydrogen) atoms. The molecule has 1 unspecified atom stereocenters. The number of nitrogens with zero attached hydrogens (tertiary/aromatic N) is 4. The largest absolute Gasteiger partial charge is 0.481 e. The van der Waals surface area contributed by atoms with Crippen molar-refractivity contribution >= 4 is 29.2 Å². The normalized spacial score (nSPS) is 29.8. The number of halogens is 4. The highest BCUT2D eigenvalue weighted by Gasteiger charge is 2.57. The fraction of sp³-hybridized carbons (Fsp3) is 0.526. The summed E-state index contributed by atoms with van der Waals surface area (Å²) in [5.41, 5.74) is -1.94. The summed E-state index contributed by atoms with van der Waals surface area (Å²) in [5.74, 6) is -1.03. The minimum absolute atomic E-state index is 0.00754. The molecule has 11 heteroatoms. The zero-order chi connectivity index (χ0) is 22.0. The zero-order valence-corrected chi connectivity index (χ0v) is 16.4. The van der Waals surface area contributed by atoms with Gasteiger partial charge < -0.3 is 20.0 Å². The van der Waals surface area contributed by atoms with Crippen LogP contribution in [0.4, 0.5) is 24.8 Å². The van der Waals surface area contributed by atoms with Gasteiger partial charge in [0.1, 0.15) is 17.5 Å². The van der Waals surface area contributed by atoms with E-state index >= 15 is 0 Å². The number of carboxylic acid groups (broad SMARTS) is 1. The summed E-state index contributed by atoms with van der Waals surface area (Å²) in [7, 11) is 0. The molecular formula is C19H18ClF3N4O3. The van der Waals surface area contributed by atoms with Gasteiger partial charge in [0, 0.05) is 26.1 Å². The fourth-order valence-electron chi connectivity index (χ4n) is 4.67. The van der Waals surface area contributed by atoms with E-state index in [-0.39, 0.29) is 42.4 Å². The molecule has 2 saturated heterocycles. The first-order valence-electron chi connectivity index (χ1n) is 9.33. The van der Waals surface area contributed by atoms with Crippen LogP contribution in [-0.2, 0) is 11.0 Å². The standard InChI is InChI=1S/C19H18ClF3N4O3/c1-2-12-13(28)7-27(12)17-9(4-24)15(19(21,22)23)16(20)18(25-17)26-5-10-8(3-14(29)30)11(10)6-26/h2,8,10-13,28H,1,3,5-7H2,(H,29,30)/t8-,10-,11+,12-,13?/m0/s1. The van der Waals surface area contributed by atoms with E-state index in [9.17, 15) is 28.3 Å². The number of carboxylic acids is 1. The number of aliphatic hydroxyl groups excluding tert-OH is 1. The predicted octanol–water partition coefficient (Wildman–Crippen LogP) is 2.52. The molecule has 1 aromatic rings. The lowest BCUT2D eigenvalue weighted by atomic mass is 9.97. The first kappa shape index (κ1) is 20.8. The minimum atomic E-state index is -4.88. The van der Waals surface area contributed by atoms with E-state index in [2.05, 4.69) is 11.6 Å². The lowest BCUT2D eigenvalue weighted by Crippen LogP contribution is -2.60. The minimum Gasteiger partial charge on any atom is -0.481 e. The Morgan fingerprint density at radius 1 is 1.33 bits per heavy atom. The molecule has 3 aliphatic rings. The van der Waals surface area contributed by atoms with Crippen molar-refractivity contribution in [2.24, 2.45) is 17.8 Å². The molecule has 1 saturated carbocycles. The Labute approximate surface area is 175 Å². The third-order valence-corrected chi connectivity index (χ3v) is 6.59. The highest BCUT2D eigenvalue weighted by Crippen LogP contribution is 2.55. The number of alkyl halides is 3. The second-order valence-electron chi connectivity index (χ2n) is 7.87. The second kappa shape index (κ2) is 7.03. The van der Waals surface area contributed by atoms with Gasteiger partial charge in [-0.2, -0.15) is 18.4 Å². The molecule has 3 fully saturated rings. The van der Waals surface area contributed by atoms with Gasteiger partial charge in [0.05, 0.1) is 22.7 Å². The molecule has 0 radical (unpaired) electrons. The van der Waals surface area contributed by atoms with E-state index in [1.54, 1.807) is 11.0 Å². The summed E-state index contributed by atoms with van der Waals surface area (Å²) in [6.45, 7) is 4.30. The Morgan fingerprint density at radius 3 is 2.43 bits per heavy atom. The highest BCUT2D eigenvalue weighted by atomic mass is 35.5. The van der Waals surface area contributed by atoms with Gasteiger partial charge in [0.25, 0.3) is 0 Å². The van der Waals surface area contributed by atoms with Gasteiger partial charge in [-0.1, -0.05) is 17.7 Å². The molecule has 3 heterocycles. The summed E-state index contributed by atoms with van der Waals surface area (Å²) in [4.78, 5) is 18.3. The second-order valence-corrected chi connectivity index (χ2v) is 8.25. The molecule has 0 amide bonds. The molecule has 5 atom stereocenters. The summed E-state index contributed by atoms with van der Waals surface area (Å²) >= 11 is 6.12. The topological polar surface area (TPSA) is 101 Å². The number of anilines is 2. The van der Waals surface area contributed by atoms with Crippen LogP contribution in [0.2, 0.25) is 5.02 Å². The maximum Gasteiger partial charge on any atom is 0.419 e. The number of pyridine rings is 1. The Kier molecular flexibility index (Phi) is 4.86. The van der Waals surface area contributed by atoms with Crippen molar-refractivity contribution in [3.05, 3.63) is 28.8 Å². The average Bonchev–Trinajstić information content (AvgIpc) is 3.08. The maximum absolute atomic E-state index is 13.8. The van der Waals surface area contributed by atoms with E-state index in [1.807, 2.05) is 0 Å². The van der Waals surface area contributed by atoms with Crippen molar-refractivity contribution in [3.63, 3.8) is 0 Å². The van der Waals surface area contributed by atoms with Crippen LogP contribution in [0, 0.1) is 29.1 Å². The van der Waals surface area contributed by atoms with Gasteiger partial charge in [-0.3, -0.25) is 4.79 Å². The van der Waals surface area contributed by atoms with E-state index < -0.39 is 40.4 Å². The molecule has 160 valence electrons. The molecule has 0 aromatic carbocycles. The van der Waals surface area contributed by atoms with Gasteiger partial charge in [-0.25, -0.2) is 4.98 Å². The molecule has 1 aromatic heterocycles. The van der Waals surface area contributed by atoms with Crippen LogP contribution in [0.15, 0.2) is 12.7 Å². The van der Waals surface area contributed by atoms with Gasteiger partial charge in [-0.05, 0) is 17.8 Å². The van der Waals surface area contributed by atoms with E-state index in [4.69, 9.17) is 16.7 Å². The number of aliphatic hydroxyl groups is 1. The summed E-state index contributed by atoms with van der Waals surface area (Å²) in [6.07, 6.45) is -4.28. The van der Waals surface area contributed by atoms with Crippen molar-refractivity contribution in [3.8, 4) is 6.07 Å². The molecular weight excluding hydrogens is 425 g/mol. The predicted molar refractivity (Wildman–Crippen MR) is 101 cm³/mol. The molecule has 7 nitrogen and oxygen atoms in total. The van der Waals surface area contributed by atoms with Gasteiger partial charge in [0.2, 0.25) is 0 Å². The summed E-state index contributed by atoms with van der Waals surface area (Å²) in [6, 6.07) is 0.915. The van der Waals surface area contributed by atoms with Crippen LogP contribution in [0.3, 0.4) is 0 Å². The van der Waals surface area contributed by atoms with Crippen LogP contribution in [0.1, 0.15) is 17.5 Å². The van der Waals surface area contributed by atoms with Crippen LogP contribution in [0.25, 0.3) is 0 Å². The number of hydrogen-bond donors (Lipinski definition) is 2. The lowest BCUT2D eigenvalue weighted by molar-refractivity contribution is -0.138. The summed E-state index contributed by atoms with van der Waals surface area (Å²) in [5, 5.41) is 27.7. The molecule has 4 rings (SSSR count). The van der Waals surface area contributed by atoms with E-state index in [0.29, 0.717) is 13.1 Å². The van der Waals surface area contributed by atoms with Crippen molar-refractivity contribution < 1.29 is 28.2 Å². The molecule has 2 N–H and O–H groups in total. The Hall–Kier alpha value is -2.51. The van der Waals surface area contributed by atoms with Crippen LogP contribution in [0.5, 0.6) is 0 Å². The number of hydrogen-bond acceptors (Lipinski definition) is 6. The third kappa shape index (κ3) is 3.17. The number of aliphatic carboxylic acids is 1. The van der Waals surface area contributed by atoms with Crippen molar-refractivity contribution in [2.45, 2.75) is 24.7 Å². The Morgan fingerprint density at radius 2 is 1.97 bits per heavy atom. The maximum atomic E-state index is 13.8. The smallest absolute Gasteiger partial charge is 0.419 e. The Bertz CT molecular complexity index is 952. The monoisotopic (exact) mass is 442 g/mol. The van der Waals surface area contributed by atoms with Crippen LogP contribution in [-0.4, -0.2) is 52.9 Å². The number of fused-ring (bicyclic) bond motifs is 1. The lowest BCUT2D eigenvalue weighted by Gasteiger charge is -2.45. The third-order valence-electron chi connectivity index (χ3n) is 6.23. The zero-order valence-electron chi connectivity index (χ0n) is 15.6. The van der Waals surface area contributed by atoms with Crippen LogP contribution < -0.4 is 9.80 Å². The average molecular weight is 443 g/mol. The number of aromatic nitrogens is 1.